The van der Waals surface area contributed by atoms with Crippen molar-refractivity contribution in [3.05, 3.63) is 59.7 Å². The van der Waals surface area contributed by atoms with Crippen LogP contribution in [0.15, 0.2) is 36.8 Å². The molecule has 166 valence electrons. The number of nitrogens with one attached hydrogen (secondary N) is 2. The third-order valence-electron chi connectivity index (χ3n) is 5.19. The monoisotopic (exact) mass is 450 g/mol. The van der Waals surface area contributed by atoms with Crippen LogP contribution in [0.3, 0.4) is 0 Å². The van der Waals surface area contributed by atoms with Crippen molar-refractivity contribution in [3.8, 4) is 5.75 Å². The van der Waals surface area contributed by atoms with Crippen LogP contribution in [0.1, 0.15) is 35.2 Å². The Kier molecular flexibility index (Phi) is 4.51. The number of nitrogens with zero attached hydrogens (tertiary/aromatic N) is 4. The molecule has 0 spiro atoms. The molecule has 0 radical (unpaired) electrons. The number of fused-ring (bicyclic) bond motifs is 1. The van der Waals surface area contributed by atoms with E-state index in [1.54, 1.807) is 6.07 Å². The Balaban J connectivity index is 1.47. The van der Waals surface area contributed by atoms with Gasteiger partial charge >= 0.3 is 6.36 Å². The Morgan fingerprint density at radius 1 is 1.19 bits per heavy atom. The number of aliphatic hydroxyl groups is 1. The Hall–Kier alpha value is -3.74. The first-order valence-electron chi connectivity index (χ1n) is 9.41. The summed E-state index contributed by atoms with van der Waals surface area (Å²) in [5.41, 5.74) is 1.68. The van der Waals surface area contributed by atoms with Crippen molar-refractivity contribution in [2.45, 2.75) is 31.0 Å². The minimum absolute atomic E-state index is 0.0931. The number of alkyl halides is 3. The first-order valence-corrected chi connectivity index (χ1v) is 9.41. The average Bonchev–Trinajstić information content (AvgIpc) is 3.43. The van der Waals surface area contributed by atoms with E-state index >= 15 is 0 Å². The summed E-state index contributed by atoms with van der Waals surface area (Å²) in [5, 5.41) is 18.4. The predicted molar refractivity (Wildman–Crippen MR) is 99.2 cm³/mol. The smallest absolute Gasteiger partial charge is 0.404 e. The lowest BCUT2D eigenvalue weighted by atomic mass is 10.1. The number of carbonyl (C=O) groups excluding carboxylic acids is 1. The van der Waals surface area contributed by atoms with Crippen molar-refractivity contribution < 1.29 is 32.2 Å². The molecule has 0 aromatic carbocycles. The molecule has 1 fully saturated rings. The number of ether oxygens (including phenoxy) is 1. The molecule has 3 aromatic heterocycles. The molecule has 1 aliphatic heterocycles. The molecule has 1 amide bonds. The van der Waals surface area contributed by atoms with E-state index in [1.807, 2.05) is 0 Å². The fourth-order valence-electron chi connectivity index (χ4n) is 3.70. The second-order valence-electron chi connectivity index (χ2n) is 7.32. The molecule has 3 aromatic rings. The number of aliphatic hydroxyl groups excluding tert-OH is 1. The molecule has 3 N–H and O–H groups in total. The van der Waals surface area contributed by atoms with Gasteiger partial charge in [-0.15, -0.1) is 13.2 Å². The number of hydrogen-bond acceptors (Lipinski definition) is 7. The lowest BCUT2D eigenvalue weighted by Crippen LogP contribution is -2.47. The van der Waals surface area contributed by atoms with E-state index in [0.29, 0.717) is 17.7 Å². The number of pyridine rings is 1. The van der Waals surface area contributed by atoms with Crippen molar-refractivity contribution >= 4 is 17.1 Å². The number of rotatable bonds is 4. The summed E-state index contributed by atoms with van der Waals surface area (Å²) >= 11 is 0. The topological polar surface area (TPSA) is 114 Å². The summed E-state index contributed by atoms with van der Waals surface area (Å²) < 4.78 is 56.1. The van der Waals surface area contributed by atoms with E-state index in [0.717, 1.165) is 16.9 Å². The molecular formula is C19H14F4N6O3. The molecule has 0 saturated heterocycles. The van der Waals surface area contributed by atoms with Crippen LogP contribution < -0.4 is 15.4 Å². The van der Waals surface area contributed by atoms with Gasteiger partial charge in [-0.3, -0.25) is 9.78 Å². The zero-order chi connectivity index (χ0) is 22.6. The quantitative estimate of drug-likeness (QED) is 0.519. The van der Waals surface area contributed by atoms with Gasteiger partial charge in [-0.05, 0) is 30.5 Å². The first kappa shape index (κ1) is 20.2. The molecule has 1 unspecified atom stereocenters. The number of imidazole rings is 1. The predicted octanol–water partition coefficient (Wildman–Crippen LogP) is 1.77. The van der Waals surface area contributed by atoms with Gasteiger partial charge in [0.1, 0.15) is 5.75 Å². The van der Waals surface area contributed by atoms with Gasteiger partial charge < -0.3 is 20.5 Å². The molecule has 13 heteroatoms. The maximum Gasteiger partial charge on any atom is 0.573 e. The number of hydrogen-bond donors (Lipinski definition) is 3. The van der Waals surface area contributed by atoms with Crippen molar-refractivity contribution in [3.63, 3.8) is 0 Å². The lowest BCUT2D eigenvalue weighted by Gasteiger charge is -2.20. The SMILES string of the molecule is O=C1NC(O)NC=C1c1cc([C@H]2C[C@@H]2c2ccc(OC(F)(F)F)cn2)c2ncc(F)n2n1. The minimum Gasteiger partial charge on any atom is -0.404 e. The summed E-state index contributed by atoms with van der Waals surface area (Å²) in [5.74, 6) is -2.04. The van der Waals surface area contributed by atoms with Crippen molar-refractivity contribution in [2.24, 2.45) is 0 Å². The number of halogens is 4. The summed E-state index contributed by atoms with van der Waals surface area (Å²) in [6.07, 6.45) is -2.17. The van der Waals surface area contributed by atoms with Crippen LogP contribution in [0, 0.1) is 5.95 Å². The van der Waals surface area contributed by atoms with Crippen molar-refractivity contribution in [1.29, 1.82) is 0 Å². The lowest BCUT2D eigenvalue weighted by molar-refractivity contribution is -0.274. The largest absolute Gasteiger partial charge is 0.573 e. The van der Waals surface area contributed by atoms with Gasteiger partial charge in [-0.25, -0.2) is 4.98 Å². The minimum atomic E-state index is -4.81. The van der Waals surface area contributed by atoms with Gasteiger partial charge in [0, 0.05) is 23.4 Å². The Morgan fingerprint density at radius 3 is 2.69 bits per heavy atom. The second kappa shape index (κ2) is 7.15. The fourth-order valence-corrected chi connectivity index (χ4v) is 3.70. The summed E-state index contributed by atoms with van der Waals surface area (Å²) in [4.78, 5) is 20.4. The molecule has 3 atom stereocenters. The van der Waals surface area contributed by atoms with Gasteiger partial charge in [0.2, 0.25) is 12.3 Å². The zero-order valence-electron chi connectivity index (χ0n) is 16.0. The first-order chi connectivity index (χ1) is 15.2. The van der Waals surface area contributed by atoms with Crippen molar-refractivity contribution in [2.75, 3.05) is 0 Å². The molecular weight excluding hydrogens is 436 g/mol. The maximum absolute atomic E-state index is 14.3. The molecule has 2 aliphatic rings. The van der Waals surface area contributed by atoms with E-state index in [1.165, 1.54) is 18.3 Å². The number of carbonyl (C=O) groups is 1. The van der Waals surface area contributed by atoms with Crippen LogP contribution in [-0.4, -0.2) is 43.3 Å². The highest BCUT2D eigenvalue weighted by Gasteiger charge is 2.43. The molecule has 9 nitrogen and oxygen atoms in total. The second-order valence-corrected chi connectivity index (χ2v) is 7.32. The van der Waals surface area contributed by atoms with Crippen LogP contribution in [0.4, 0.5) is 17.6 Å². The van der Waals surface area contributed by atoms with Gasteiger partial charge in [0.25, 0.3) is 5.91 Å². The highest BCUT2D eigenvalue weighted by Crippen LogP contribution is 2.55. The zero-order valence-corrected chi connectivity index (χ0v) is 16.0. The number of amides is 1. The summed E-state index contributed by atoms with van der Waals surface area (Å²) in [6, 6.07) is 4.24. The normalized spacial score (nSPS) is 22.8. The van der Waals surface area contributed by atoms with E-state index in [2.05, 4.69) is 30.4 Å². The highest BCUT2D eigenvalue weighted by atomic mass is 19.4. The van der Waals surface area contributed by atoms with E-state index < -0.39 is 30.3 Å². The molecule has 1 saturated carbocycles. The molecule has 1 aliphatic carbocycles. The van der Waals surface area contributed by atoms with Gasteiger partial charge in [0.05, 0.1) is 23.7 Å². The van der Waals surface area contributed by atoms with Gasteiger partial charge in [-0.1, -0.05) is 0 Å². The maximum atomic E-state index is 14.3. The van der Waals surface area contributed by atoms with E-state index in [9.17, 15) is 27.5 Å². The van der Waals surface area contributed by atoms with Crippen LogP contribution in [0.2, 0.25) is 0 Å². The molecule has 5 rings (SSSR count). The summed E-state index contributed by atoms with van der Waals surface area (Å²) in [7, 11) is 0. The summed E-state index contributed by atoms with van der Waals surface area (Å²) in [6.45, 7) is 0. The average molecular weight is 450 g/mol. The third-order valence-corrected chi connectivity index (χ3v) is 5.19. The Bertz CT molecular complexity index is 1240. The van der Waals surface area contributed by atoms with Crippen LogP contribution in [0.5, 0.6) is 5.75 Å². The Morgan fingerprint density at radius 2 is 2.00 bits per heavy atom. The van der Waals surface area contributed by atoms with E-state index in [4.69, 9.17) is 0 Å². The number of aromatic nitrogens is 4. The van der Waals surface area contributed by atoms with Crippen LogP contribution >= 0.6 is 0 Å². The Labute approximate surface area is 176 Å². The molecule has 32 heavy (non-hydrogen) atoms. The molecule has 0 bridgehead atoms. The van der Waals surface area contributed by atoms with Gasteiger partial charge in [0.15, 0.2) is 5.65 Å². The highest BCUT2D eigenvalue weighted by molar-refractivity contribution is 6.19. The van der Waals surface area contributed by atoms with E-state index in [-0.39, 0.29) is 28.8 Å². The molecule has 4 heterocycles. The fraction of sp³-hybridized carbons (Fsp3) is 0.263. The standard InChI is InChI=1S/C19H14F4N6O3/c20-15-7-25-16-11(4-14(28-29(15)16)12-6-26-18(31)27-17(12)30)9-3-10(9)13-2-1-8(5-24-13)32-19(21,22)23/h1-2,4-7,9-10,18,26,31H,3H2,(H,27,30)/t9-,10-,18?/m0/s1. The third kappa shape index (κ3) is 3.70. The van der Waals surface area contributed by atoms with Crippen molar-refractivity contribution in [1.82, 2.24) is 30.2 Å². The van der Waals surface area contributed by atoms with Crippen LogP contribution in [-0.2, 0) is 4.79 Å². The van der Waals surface area contributed by atoms with Crippen LogP contribution in [0.25, 0.3) is 11.2 Å². The van der Waals surface area contributed by atoms with Gasteiger partial charge in [-0.2, -0.15) is 14.0 Å².